The highest BCUT2D eigenvalue weighted by molar-refractivity contribution is 6.19. The normalized spacial score (nSPS) is 12.9. The number of hydrogen-bond donors (Lipinski definition) is 1. The lowest BCUT2D eigenvalue weighted by Gasteiger charge is -2.03. The van der Waals surface area contributed by atoms with Crippen molar-refractivity contribution >= 4 is 17.3 Å². The summed E-state index contributed by atoms with van der Waals surface area (Å²) in [5, 5.41) is 3.97. The van der Waals surface area contributed by atoms with Crippen LogP contribution in [0.1, 0.15) is 11.1 Å². The van der Waals surface area contributed by atoms with E-state index in [0.717, 1.165) is 0 Å². The molecule has 5 nitrogen and oxygen atoms in total. The van der Waals surface area contributed by atoms with Crippen LogP contribution in [0.25, 0.3) is 0 Å². The van der Waals surface area contributed by atoms with Crippen molar-refractivity contribution in [3.05, 3.63) is 47.5 Å². The van der Waals surface area contributed by atoms with E-state index < -0.39 is 0 Å². The Balaban J connectivity index is 2.15. The Morgan fingerprint density at radius 1 is 1.18 bits per heavy atom. The van der Waals surface area contributed by atoms with Gasteiger partial charge in [-0.05, 0) is 12.1 Å². The standard InChI is InChI=1S/C11H7FN5/c12-7-3-1-2-6(4-7)9-8-10(13)14-5-15-11(8)17-16-9/h1-5H,(H2,13,14,15). The number of nitrogen functional groups attached to an aromatic ring is 1. The first kappa shape index (κ1) is 9.71. The van der Waals surface area contributed by atoms with Gasteiger partial charge in [0, 0.05) is 5.56 Å². The summed E-state index contributed by atoms with van der Waals surface area (Å²) in [6.07, 6.45) is 1.32. The Labute approximate surface area is 96.2 Å². The lowest BCUT2D eigenvalue weighted by atomic mass is 10.0. The van der Waals surface area contributed by atoms with Crippen molar-refractivity contribution in [2.24, 2.45) is 5.10 Å². The number of hydrogen-bond acceptors (Lipinski definition) is 4. The molecule has 0 atom stereocenters. The molecule has 2 N–H and O–H groups in total. The Kier molecular flexibility index (Phi) is 2.01. The van der Waals surface area contributed by atoms with Gasteiger partial charge in [-0.2, -0.15) is 0 Å². The minimum Gasteiger partial charge on any atom is -0.383 e. The average Bonchev–Trinajstić information content (AvgIpc) is 2.74. The maximum absolute atomic E-state index is 13.1. The summed E-state index contributed by atoms with van der Waals surface area (Å²) >= 11 is 0. The van der Waals surface area contributed by atoms with Crippen LogP contribution in [0.3, 0.4) is 0 Å². The van der Waals surface area contributed by atoms with Crippen LogP contribution in [-0.2, 0) is 0 Å². The second-order valence-corrected chi connectivity index (χ2v) is 3.52. The average molecular weight is 228 g/mol. The van der Waals surface area contributed by atoms with Crippen molar-refractivity contribution in [1.29, 1.82) is 0 Å². The van der Waals surface area contributed by atoms with Crippen LogP contribution in [0.4, 0.5) is 16.0 Å². The van der Waals surface area contributed by atoms with Crippen LogP contribution in [-0.4, -0.2) is 15.7 Å². The molecular formula is C11H7FN5. The molecule has 3 rings (SSSR count). The molecule has 1 aromatic heterocycles. The number of nitrogens with zero attached hydrogens (tertiary/aromatic N) is 4. The monoisotopic (exact) mass is 228 g/mol. The predicted molar refractivity (Wildman–Crippen MR) is 60.3 cm³/mol. The molecule has 0 saturated carbocycles. The van der Waals surface area contributed by atoms with Crippen molar-refractivity contribution in [2.75, 3.05) is 5.73 Å². The Morgan fingerprint density at radius 3 is 2.88 bits per heavy atom. The summed E-state index contributed by atoms with van der Waals surface area (Å²) in [5.41, 5.74) is 11.3. The molecule has 0 unspecified atom stereocenters. The van der Waals surface area contributed by atoms with Crippen LogP contribution in [0, 0.1) is 5.82 Å². The number of halogens is 1. The molecule has 0 spiro atoms. The van der Waals surface area contributed by atoms with E-state index in [2.05, 4.69) is 20.5 Å². The van der Waals surface area contributed by atoms with Gasteiger partial charge in [0.15, 0.2) is 5.82 Å². The first-order chi connectivity index (χ1) is 8.25. The zero-order valence-electron chi connectivity index (χ0n) is 8.63. The van der Waals surface area contributed by atoms with E-state index in [0.29, 0.717) is 28.5 Å². The third-order valence-corrected chi connectivity index (χ3v) is 2.44. The lowest BCUT2D eigenvalue weighted by Crippen LogP contribution is -2.06. The zero-order chi connectivity index (χ0) is 11.8. The molecular weight excluding hydrogens is 221 g/mol. The zero-order valence-corrected chi connectivity index (χ0v) is 8.63. The quantitative estimate of drug-likeness (QED) is 0.796. The maximum atomic E-state index is 13.1. The van der Waals surface area contributed by atoms with Gasteiger partial charge in [-0.3, -0.25) is 0 Å². The Bertz CT molecular complexity index is 623. The van der Waals surface area contributed by atoms with Crippen molar-refractivity contribution in [3.63, 3.8) is 0 Å². The molecule has 0 amide bonds. The third-order valence-electron chi connectivity index (χ3n) is 2.44. The van der Waals surface area contributed by atoms with E-state index >= 15 is 0 Å². The van der Waals surface area contributed by atoms with E-state index in [4.69, 9.17) is 5.73 Å². The molecule has 0 saturated heterocycles. The summed E-state index contributed by atoms with van der Waals surface area (Å²) < 4.78 is 13.1. The first-order valence-corrected chi connectivity index (χ1v) is 4.91. The smallest absolute Gasteiger partial charge is 0.189 e. The molecule has 0 fully saturated rings. The van der Waals surface area contributed by atoms with Gasteiger partial charge in [-0.1, -0.05) is 12.1 Å². The molecule has 17 heavy (non-hydrogen) atoms. The lowest BCUT2D eigenvalue weighted by molar-refractivity contribution is 0.627. The van der Waals surface area contributed by atoms with E-state index in [1.54, 1.807) is 12.1 Å². The summed E-state index contributed by atoms with van der Waals surface area (Å²) in [5.74, 6) is 0.366. The highest BCUT2D eigenvalue weighted by atomic mass is 19.1. The summed E-state index contributed by atoms with van der Waals surface area (Å²) in [4.78, 5) is 7.83. The highest BCUT2D eigenvalue weighted by Crippen LogP contribution is 2.27. The molecule has 2 aromatic rings. The number of benzene rings is 1. The molecule has 1 aliphatic heterocycles. The maximum Gasteiger partial charge on any atom is 0.189 e. The molecule has 0 aliphatic carbocycles. The van der Waals surface area contributed by atoms with Gasteiger partial charge in [0.05, 0.1) is 5.56 Å². The van der Waals surface area contributed by atoms with Crippen LogP contribution in [0.5, 0.6) is 0 Å². The fourth-order valence-electron chi connectivity index (χ4n) is 1.68. The van der Waals surface area contributed by atoms with Gasteiger partial charge in [0.25, 0.3) is 0 Å². The number of nitrogens with two attached hydrogens (primary N) is 1. The van der Waals surface area contributed by atoms with Crippen molar-refractivity contribution < 1.29 is 4.39 Å². The fraction of sp³-hybridized carbons (Fsp3) is 0. The second kappa shape index (κ2) is 3.51. The molecule has 1 radical (unpaired) electrons. The van der Waals surface area contributed by atoms with Crippen LogP contribution >= 0.6 is 0 Å². The van der Waals surface area contributed by atoms with Gasteiger partial charge < -0.3 is 5.73 Å². The molecule has 83 valence electrons. The van der Waals surface area contributed by atoms with Gasteiger partial charge in [0.2, 0.25) is 0 Å². The summed E-state index contributed by atoms with van der Waals surface area (Å²) in [6, 6.07) is 6.07. The van der Waals surface area contributed by atoms with Crippen LogP contribution in [0.15, 0.2) is 35.7 Å². The molecule has 2 heterocycles. The number of aromatic nitrogens is 2. The van der Waals surface area contributed by atoms with Gasteiger partial charge in [0.1, 0.15) is 23.7 Å². The minimum absolute atomic E-state index is 0.291. The molecule has 6 heteroatoms. The van der Waals surface area contributed by atoms with E-state index in [-0.39, 0.29) is 5.82 Å². The van der Waals surface area contributed by atoms with Gasteiger partial charge >= 0.3 is 0 Å². The fourth-order valence-corrected chi connectivity index (χ4v) is 1.68. The number of anilines is 1. The second-order valence-electron chi connectivity index (χ2n) is 3.52. The highest BCUT2D eigenvalue weighted by Gasteiger charge is 2.24. The number of rotatable bonds is 1. The van der Waals surface area contributed by atoms with E-state index in [1.807, 2.05) is 0 Å². The summed E-state index contributed by atoms with van der Waals surface area (Å²) in [6.45, 7) is 0. The van der Waals surface area contributed by atoms with Crippen LogP contribution in [0.2, 0.25) is 0 Å². The molecule has 1 aromatic carbocycles. The van der Waals surface area contributed by atoms with E-state index in [1.165, 1.54) is 18.5 Å². The topological polar surface area (TPSA) is 78.3 Å². The Hall–Kier alpha value is -2.50. The molecule has 1 aliphatic rings. The predicted octanol–water partition coefficient (Wildman–Crippen LogP) is 1.20. The molecule has 0 bridgehead atoms. The largest absolute Gasteiger partial charge is 0.383 e. The van der Waals surface area contributed by atoms with Crippen LogP contribution < -0.4 is 11.2 Å². The first-order valence-electron chi connectivity index (χ1n) is 4.91. The van der Waals surface area contributed by atoms with Crippen molar-refractivity contribution in [2.45, 2.75) is 0 Å². The van der Waals surface area contributed by atoms with Gasteiger partial charge in [-0.15, -0.1) is 10.5 Å². The van der Waals surface area contributed by atoms with E-state index in [9.17, 15) is 4.39 Å². The SMILES string of the molecule is Nc1ncnc2c1C(c1cccc(F)c1)=N[N]2. The number of fused-ring (bicyclic) bond motifs is 1. The van der Waals surface area contributed by atoms with Gasteiger partial charge in [-0.25, -0.2) is 14.4 Å². The van der Waals surface area contributed by atoms with Crippen molar-refractivity contribution in [3.8, 4) is 0 Å². The van der Waals surface area contributed by atoms with Crippen molar-refractivity contribution in [1.82, 2.24) is 15.4 Å². The summed E-state index contributed by atoms with van der Waals surface area (Å²) in [7, 11) is 0. The minimum atomic E-state index is -0.339. The third kappa shape index (κ3) is 1.50. The Morgan fingerprint density at radius 2 is 2.06 bits per heavy atom.